The molecule has 3 aromatic carbocycles. The topological polar surface area (TPSA) is 201 Å². The van der Waals surface area contributed by atoms with Crippen LogP contribution in [0.4, 0.5) is 0 Å². The van der Waals surface area contributed by atoms with Crippen molar-refractivity contribution in [1.29, 1.82) is 0 Å². The van der Waals surface area contributed by atoms with Gasteiger partial charge < -0.3 is 4.42 Å². The zero-order valence-electron chi connectivity index (χ0n) is 67.1. The van der Waals surface area contributed by atoms with Gasteiger partial charge in [0.2, 0.25) is 10.3 Å². The van der Waals surface area contributed by atoms with Crippen LogP contribution in [0, 0.1) is 0 Å². The molecule has 0 unspecified atom stereocenters. The maximum absolute atomic E-state index is 7.98. The molecule has 0 radical (unpaired) electrons. The molecule has 20 aromatic heterocycles. The molecule has 0 amide bonds. The van der Waals surface area contributed by atoms with Gasteiger partial charge >= 0.3 is 17.4 Å². The Balaban J connectivity index is 0.0000000858. The second kappa shape index (κ2) is 25.8. The molecular weight excluding hydrogens is 1490 g/mol. The fraction of sp³-hybridized carbons (Fsp3) is 0.108. The molecule has 5 aliphatic heterocycles. The van der Waals surface area contributed by atoms with Crippen LogP contribution in [0.25, 0.3) is 183 Å². The predicted octanol–water partition coefficient (Wildman–Crippen LogP) is 14.2. The lowest BCUT2D eigenvalue weighted by atomic mass is 10.2. The number of aromatic nitrogens is 23. The van der Waals surface area contributed by atoms with Crippen molar-refractivity contribution in [3.05, 3.63) is 303 Å². The average Bonchev–Trinajstić information content (AvgIpc) is 1.56. The smallest absolute Gasteiger partial charge is 0.344 e. The molecule has 23 aromatic rings. The molecule has 0 bridgehead atoms. The summed E-state index contributed by atoms with van der Waals surface area (Å²) in [7, 11) is 8.24. The molecule has 0 saturated heterocycles. The Hall–Kier alpha value is -15.4. The van der Waals surface area contributed by atoms with E-state index >= 15 is 0 Å². The lowest BCUT2D eigenvalue weighted by Crippen LogP contribution is -2.31. The van der Waals surface area contributed by atoms with Gasteiger partial charge in [-0.2, -0.15) is 9.13 Å². The average molecular weight is 1560 g/mol. The Morgan fingerprint density at radius 3 is 1.26 bits per heavy atom. The number of aryl methyl sites for hydroxylation is 5. The van der Waals surface area contributed by atoms with Crippen LogP contribution in [0.15, 0.2) is 279 Å². The summed E-state index contributed by atoms with van der Waals surface area (Å²) in [5, 5.41) is 5.70. The van der Waals surface area contributed by atoms with E-state index in [1.807, 2.05) is 147 Å². The highest BCUT2D eigenvalue weighted by Crippen LogP contribution is 2.44. The number of rotatable bonds is 3. The number of para-hydroxylation sites is 3. The normalized spacial score (nSPS) is 13.3. The number of furan rings is 1. The van der Waals surface area contributed by atoms with E-state index in [0.29, 0.717) is 17.7 Å². The minimum Gasteiger partial charge on any atom is -0.417 e. The molecule has 0 saturated carbocycles. The molecule has 0 spiro atoms. The summed E-state index contributed by atoms with van der Waals surface area (Å²) in [6.07, 6.45) is 27.6. The van der Waals surface area contributed by atoms with Gasteiger partial charge in [-0.25, -0.2) is 66.0 Å². The Labute approximate surface area is 679 Å². The molecule has 118 heavy (non-hydrogen) atoms. The third kappa shape index (κ3) is 9.60. The molecule has 0 aliphatic carbocycles. The van der Waals surface area contributed by atoms with Crippen LogP contribution < -0.4 is 22.8 Å². The van der Waals surface area contributed by atoms with E-state index in [4.69, 9.17) is 13.5 Å². The quantitative estimate of drug-likeness (QED) is 0.152. The highest BCUT2D eigenvalue weighted by molar-refractivity contribution is 7.25. The van der Waals surface area contributed by atoms with Crippen LogP contribution in [0.3, 0.4) is 0 Å². The molecule has 0 N–H and O–H groups in total. The van der Waals surface area contributed by atoms with Crippen LogP contribution in [0.5, 0.6) is 0 Å². The number of nitrogens with zero attached hydrogens (tertiary/aromatic N) is 23. The van der Waals surface area contributed by atoms with E-state index in [-0.39, 0.29) is 0 Å². The van der Waals surface area contributed by atoms with Crippen molar-refractivity contribution < 1.29 is 31.4 Å². The van der Waals surface area contributed by atoms with Gasteiger partial charge in [0.25, 0.3) is 34.4 Å². The van der Waals surface area contributed by atoms with E-state index in [1.54, 1.807) is 36.1 Å². The minimum absolute atomic E-state index is 0.623. The first-order valence-corrected chi connectivity index (χ1v) is 39.8. The zero-order chi connectivity index (χ0) is 80.8. The van der Waals surface area contributed by atoms with Gasteiger partial charge in [-0.05, 0) is 97.1 Å². The molecule has 25 heterocycles. The van der Waals surface area contributed by atoms with Gasteiger partial charge in [0.05, 0.1) is 110 Å². The monoisotopic (exact) mass is 1560 g/mol. The van der Waals surface area contributed by atoms with Gasteiger partial charge in [-0.15, -0.1) is 0 Å². The Kier molecular flexibility index (Phi) is 14.0. The first kappa shape index (κ1) is 64.1. The predicted molar refractivity (Wildman–Crippen MR) is 452 cm³/mol. The zero-order valence-corrected chi connectivity index (χ0v) is 64.9. The maximum Gasteiger partial charge on any atom is 0.344 e. The van der Waals surface area contributed by atoms with Crippen molar-refractivity contribution in [2.24, 2.45) is 35.2 Å². The van der Waals surface area contributed by atoms with Crippen LogP contribution in [-0.4, -0.2) is 86.4 Å². The summed E-state index contributed by atoms with van der Waals surface area (Å²) in [5.74, 6) is 5.52. The molecule has 564 valence electrons. The Morgan fingerprint density at radius 1 is 0.356 bits per heavy atom. The number of thiophene rings is 1. The lowest BCUT2D eigenvalue weighted by Gasteiger charge is -2.03. The number of hydrogen-bond acceptors (Lipinski definition) is 12. The number of hydrogen-bond donors (Lipinski definition) is 0. The van der Waals surface area contributed by atoms with Crippen LogP contribution in [0.1, 0.15) is 31.9 Å². The first-order chi connectivity index (χ1) is 59.4. The molecule has 0 fully saturated rings. The van der Waals surface area contributed by atoms with Crippen molar-refractivity contribution in [2.75, 3.05) is 0 Å². The molecular formula is C93H70N23OS+5. The van der Waals surface area contributed by atoms with Crippen LogP contribution in [0.2, 0.25) is 0 Å². The van der Waals surface area contributed by atoms with Gasteiger partial charge in [0.1, 0.15) is 63.8 Å². The molecule has 28 rings (SSSR count). The summed E-state index contributed by atoms with van der Waals surface area (Å²) in [4.78, 5) is 45.6. The third-order valence-corrected chi connectivity index (χ3v) is 25.0. The standard InChI is InChI=1S/C21H16N5.C20H13N4O.C20H13N4S.2C16H14N5/c1-24-20-18-14(6-5-10-23-18)13-25(20)19-16-9-11-22-12-17(16)26(21(19)24)15-7-3-2-4-8-15;2*1-2-6-14(7-3-1)24-19-17-13(5-4-9-22-17)12-23(19)18-15-8-10-21-11-16(15)25-20(18)24;2*1-19-12-8-17-7-5-11(12)14-16(19)20(2)15-13-10(9-21(14)15)4-3-6-18-13/h2-12H,13H2,1H3;2*1-11H,12H2;2*3-8H,9H2,1-2H3/q5*+1/i;;;1D3;. The van der Waals surface area contributed by atoms with Gasteiger partial charge in [-0.1, -0.05) is 96.3 Å². The van der Waals surface area contributed by atoms with Crippen molar-refractivity contribution >= 4 is 120 Å². The largest absolute Gasteiger partial charge is 0.417 e. The minimum atomic E-state index is -2.28. The number of fused-ring (bicyclic) bond motifs is 35. The second-order valence-corrected chi connectivity index (χ2v) is 31.2. The lowest BCUT2D eigenvalue weighted by molar-refractivity contribution is -0.645. The van der Waals surface area contributed by atoms with Gasteiger partial charge in [-0.3, -0.25) is 34.1 Å². The summed E-state index contributed by atoms with van der Waals surface area (Å²) in [6.45, 7) is 1.81. The highest BCUT2D eigenvalue weighted by atomic mass is 32.1. The van der Waals surface area contributed by atoms with E-state index in [2.05, 4.69) is 231 Å². The summed E-state index contributed by atoms with van der Waals surface area (Å²) in [5.41, 5.74) is 28.2. The Bertz CT molecular complexity index is 8060. The summed E-state index contributed by atoms with van der Waals surface area (Å²) < 4.78 is 59.8. The summed E-state index contributed by atoms with van der Waals surface area (Å²) in [6, 6.07) is 62.2. The van der Waals surface area contributed by atoms with Crippen LogP contribution in [-0.2, 0) is 67.9 Å². The number of imidazole rings is 5. The van der Waals surface area contributed by atoms with Crippen molar-refractivity contribution in [3.63, 3.8) is 0 Å². The van der Waals surface area contributed by atoms with E-state index in [9.17, 15) is 0 Å². The number of benzene rings is 3. The SMILES string of the molecule is C[n+]1c2n(c3c4ccncc4n(-c4ccccc4)c31)Cc1cccnc1-2.Cn1c2cnccc2c2c1[n+](C)c1n2Cc2cccnc2-1.[2H]C([2H])([2H])n1c2cnccc2c2c1[n+](C)c1n2Cc2cccnc2-1.c1ccc(-n2c3[n+](c4c5ccncc5oc42)Cc2cccnc2-3)cc1.c1ccc(-n2c3[n+](c4c5ccncc5sc42)Cc2cccnc2-3)cc1. The second-order valence-electron chi connectivity index (χ2n) is 30.1. The first-order valence-electron chi connectivity index (χ1n) is 40.5. The molecule has 24 nitrogen and oxygen atoms in total. The van der Waals surface area contributed by atoms with Crippen LogP contribution >= 0.6 is 11.3 Å². The van der Waals surface area contributed by atoms with Crippen molar-refractivity contribution in [1.82, 2.24) is 86.4 Å². The van der Waals surface area contributed by atoms with Gasteiger partial charge in [0.15, 0.2) is 39.0 Å². The molecule has 5 aliphatic rings. The molecule has 0 atom stereocenters. The van der Waals surface area contributed by atoms with E-state index in [0.717, 1.165) is 133 Å². The fourth-order valence-electron chi connectivity index (χ4n) is 19.0. The highest BCUT2D eigenvalue weighted by Gasteiger charge is 2.43. The van der Waals surface area contributed by atoms with E-state index < -0.39 is 6.98 Å². The van der Waals surface area contributed by atoms with Gasteiger partial charge in [0, 0.05) is 101 Å². The Morgan fingerprint density at radius 2 is 0.746 bits per heavy atom. The fourth-order valence-corrected chi connectivity index (χ4v) is 20.2. The molecule has 25 heteroatoms. The van der Waals surface area contributed by atoms with E-state index in [1.165, 1.54) is 97.7 Å². The maximum atomic E-state index is 7.98. The van der Waals surface area contributed by atoms with Crippen molar-refractivity contribution in [2.45, 2.75) is 32.7 Å². The third-order valence-electron chi connectivity index (χ3n) is 23.8. The summed E-state index contributed by atoms with van der Waals surface area (Å²) >= 11 is 1.79. The van der Waals surface area contributed by atoms with Crippen molar-refractivity contribution in [3.8, 4) is 74.7 Å². The number of pyridine rings is 10.